The fraction of sp³-hybridized carbons (Fsp3) is 0.538. The van der Waals surface area contributed by atoms with Crippen molar-refractivity contribution in [3.05, 3.63) is 28.5 Å². The van der Waals surface area contributed by atoms with E-state index >= 15 is 0 Å². The predicted molar refractivity (Wildman–Crippen MR) is 77.3 cm³/mol. The Morgan fingerprint density at radius 2 is 2.06 bits per heavy atom. The summed E-state index contributed by atoms with van der Waals surface area (Å²) in [7, 11) is 0. The van der Waals surface area contributed by atoms with Gasteiger partial charge in [-0.15, -0.1) is 0 Å². The molecule has 1 aromatic heterocycles. The maximum Gasteiger partial charge on any atom is 0.162 e. The van der Waals surface area contributed by atoms with Gasteiger partial charge in [-0.2, -0.15) is 0 Å². The van der Waals surface area contributed by atoms with Gasteiger partial charge in [0.1, 0.15) is 5.69 Å². The van der Waals surface area contributed by atoms with Crippen molar-refractivity contribution in [2.45, 2.75) is 44.6 Å². The molecule has 0 bridgehead atoms. The summed E-state index contributed by atoms with van der Waals surface area (Å²) in [6.45, 7) is 0. The molecule has 0 radical (unpaired) electrons. The van der Waals surface area contributed by atoms with Crippen molar-refractivity contribution in [2.75, 3.05) is 0 Å². The fourth-order valence-electron chi connectivity index (χ4n) is 2.30. The first-order valence-corrected chi connectivity index (χ1v) is 7.26. The van der Waals surface area contributed by atoms with Crippen molar-refractivity contribution in [2.24, 2.45) is 10.8 Å². The van der Waals surface area contributed by atoms with Gasteiger partial charge in [0.15, 0.2) is 5.84 Å². The number of nitrogens with one attached hydrogen (secondary N) is 1. The molecule has 1 fully saturated rings. The molecule has 98 valence electrons. The quantitative estimate of drug-likeness (QED) is 0.290. The second-order valence-electron chi connectivity index (χ2n) is 4.60. The summed E-state index contributed by atoms with van der Waals surface area (Å²) in [5.41, 5.74) is 3.47. The number of hydrogen-bond donors (Lipinski definition) is 2. The summed E-state index contributed by atoms with van der Waals surface area (Å²) in [4.78, 5) is 9.05. The summed E-state index contributed by atoms with van der Waals surface area (Å²) in [6, 6.07) is 4.20. The SMILES string of the molecule is NNC(=NC1CCCCCC1)c1ncccc1Br. The van der Waals surface area contributed by atoms with E-state index < -0.39 is 0 Å². The molecule has 5 heteroatoms. The molecule has 0 aromatic carbocycles. The van der Waals surface area contributed by atoms with Crippen molar-refractivity contribution in [1.29, 1.82) is 0 Å². The van der Waals surface area contributed by atoms with Gasteiger partial charge >= 0.3 is 0 Å². The molecule has 1 aliphatic rings. The number of aliphatic imine (C=N–C) groups is 1. The van der Waals surface area contributed by atoms with Crippen molar-refractivity contribution in [1.82, 2.24) is 10.4 Å². The predicted octanol–water partition coefficient (Wildman–Crippen LogP) is 2.78. The van der Waals surface area contributed by atoms with Crippen LogP contribution in [-0.2, 0) is 0 Å². The highest BCUT2D eigenvalue weighted by Crippen LogP contribution is 2.21. The first-order valence-electron chi connectivity index (χ1n) is 6.46. The molecule has 0 saturated heterocycles. The van der Waals surface area contributed by atoms with E-state index in [0.717, 1.165) is 23.0 Å². The van der Waals surface area contributed by atoms with Crippen LogP contribution in [0.4, 0.5) is 0 Å². The third kappa shape index (κ3) is 3.53. The molecule has 2 rings (SSSR count). The number of nitrogens with zero attached hydrogens (tertiary/aromatic N) is 2. The molecule has 1 aliphatic carbocycles. The number of amidine groups is 1. The Labute approximate surface area is 116 Å². The maximum absolute atomic E-state index is 5.59. The number of halogens is 1. The van der Waals surface area contributed by atoms with Crippen molar-refractivity contribution in [3.63, 3.8) is 0 Å². The summed E-state index contributed by atoms with van der Waals surface area (Å²) in [5.74, 6) is 6.26. The van der Waals surface area contributed by atoms with E-state index in [1.54, 1.807) is 6.20 Å². The molecule has 0 aliphatic heterocycles. The number of nitrogens with two attached hydrogens (primary N) is 1. The minimum Gasteiger partial charge on any atom is -0.307 e. The van der Waals surface area contributed by atoms with Gasteiger partial charge in [0.05, 0.1) is 6.04 Å². The van der Waals surface area contributed by atoms with Gasteiger partial charge in [-0.25, -0.2) is 5.84 Å². The molecule has 1 heterocycles. The van der Waals surface area contributed by atoms with Gasteiger partial charge in [0, 0.05) is 10.7 Å². The summed E-state index contributed by atoms with van der Waals surface area (Å²) < 4.78 is 0.912. The minimum absolute atomic E-state index is 0.368. The second-order valence-corrected chi connectivity index (χ2v) is 5.46. The zero-order chi connectivity index (χ0) is 12.8. The lowest BCUT2D eigenvalue weighted by Gasteiger charge is -2.12. The molecule has 3 N–H and O–H groups in total. The van der Waals surface area contributed by atoms with E-state index in [4.69, 9.17) is 10.8 Å². The zero-order valence-corrected chi connectivity index (χ0v) is 12.0. The topological polar surface area (TPSA) is 63.3 Å². The van der Waals surface area contributed by atoms with Crippen LogP contribution >= 0.6 is 15.9 Å². The smallest absolute Gasteiger partial charge is 0.162 e. The van der Waals surface area contributed by atoms with Crippen LogP contribution in [0, 0.1) is 0 Å². The van der Waals surface area contributed by atoms with Gasteiger partial charge in [-0.3, -0.25) is 9.98 Å². The van der Waals surface area contributed by atoms with Gasteiger partial charge in [-0.05, 0) is 40.9 Å². The van der Waals surface area contributed by atoms with Gasteiger partial charge < -0.3 is 5.43 Å². The Morgan fingerprint density at radius 3 is 2.67 bits per heavy atom. The second kappa shape index (κ2) is 6.85. The van der Waals surface area contributed by atoms with E-state index in [-0.39, 0.29) is 0 Å². The van der Waals surface area contributed by atoms with Crippen LogP contribution in [0.15, 0.2) is 27.8 Å². The molecule has 1 saturated carbocycles. The van der Waals surface area contributed by atoms with E-state index in [1.807, 2.05) is 12.1 Å². The van der Waals surface area contributed by atoms with Crippen LogP contribution in [0.5, 0.6) is 0 Å². The van der Waals surface area contributed by atoms with Crippen LogP contribution in [-0.4, -0.2) is 16.9 Å². The third-order valence-corrected chi connectivity index (χ3v) is 3.90. The molecule has 0 amide bonds. The molecule has 0 unspecified atom stereocenters. The zero-order valence-electron chi connectivity index (χ0n) is 10.4. The highest BCUT2D eigenvalue weighted by atomic mass is 79.9. The van der Waals surface area contributed by atoms with E-state index in [2.05, 4.69) is 26.3 Å². The number of aromatic nitrogens is 1. The molecule has 18 heavy (non-hydrogen) atoms. The Hall–Kier alpha value is -0.940. The van der Waals surface area contributed by atoms with Crippen molar-refractivity contribution in [3.8, 4) is 0 Å². The van der Waals surface area contributed by atoms with Crippen LogP contribution in [0.1, 0.15) is 44.2 Å². The minimum atomic E-state index is 0.368. The highest BCUT2D eigenvalue weighted by molar-refractivity contribution is 9.10. The number of hydrazine groups is 1. The fourth-order valence-corrected chi connectivity index (χ4v) is 2.74. The first-order chi connectivity index (χ1) is 8.81. The molecule has 4 nitrogen and oxygen atoms in total. The van der Waals surface area contributed by atoms with Crippen LogP contribution in [0.3, 0.4) is 0 Å². The average Bonchev–Trinajstić information content (AvgIpc) is 2.65. The Bertz CT molecular complexity index is 411. The monoisotopic (exact) mass is 310 g/mol. The molecule has 0 atom stereocenters. The van der Waals surface area contributed by atoms with E-state index in [1.165, 1.54) is 25.7 Å². The highest BCUT2D eigenvalue weighted by Gasteiger charge is 2.14. The summed E-state index contributed by atoms with van der Waals surface area (Å²) >= 11 is 3.48. The van der Waals surface area contributed by atoms with Gasteiger partial charge in [0.25, 0.3) is 0 Å². The van der Waals surface area contributed by atoms with Crippen LogP contribution in [0.25, 0.3) is 0 Å². The lowest BCUT2D eigenvalue weighted by atomic mass is 10.1. The van der Waals surface area contributed by atoms with Gasteiger partial charge in [0.2, 0.25) is 0 Å². The lowest BCUT2D eigenvalue weighted by molar-refractivity contribution is 0.583. The van der Waals surface area contributed by atoms with Crippen molar-refractivity contribution < 1.29 is 0 Å². The normalized spacial score (nSPS) is 18.4. The summed E-state index contributed by atoms with van der Waals surface area (Å²) in [6.07, 6.45) is 9.21. The standard InChI is InChI=1S/C13H19BrN4/c14-11-8-5-9-16-12(11)13(18-15)17-10-6-3-1-2-4-7-10/h5,8-10H,1-4,6-7,15H2,(H,17,18). The van der Waals surface area contributed by atoms with E-state index in [0.29, 0.717) is 11.9 Å². The van der Waals surface area contributed by atoms with Crippen LogP contribution in [0.2, 0.25) is 0 Å². The third-order valence-electron chi connectivity index (χ3n) is 3.26. The number of pyridine rings is 1. The Kier molecular flexibility index (Phi) is 5.13. The molecular formula is C13H19BrN4. The number of rotatable bonds is 2. The lowest BCUT2D eigenvalue weighted by Crippen LogP contribution is -2.33. The van der Waals surface area contributed by atoms with Crippen molar-refractivity contribution >= 4 is 21.8 Å². The number of hydrogen-bond acceptors (Lipinski definition) is 3. The maximum atomic E-state index is 5.59. The van der Waals surface area contributed by atoms with E-state index in [9.17, 15) is 0 Å². The van der Waals surface area contributed by atoms with Crippen LogP contribution < -0.4 is 11.3 Å². The average molecular weight is 311 g/mol. The first kappa shape index (κ1) is 13.5. The largest absolute Gasteiger partial charge is 0.307 e. The Morgan fingerprint density at radius 1 is 1.33 bits per heavy atom. The molecule has 0 spiro atoms. The molecular weight excluding hydrogens is 292 g/mol. The summed E-state index contributed by atoms with van der Waals surface area (Å²) in [5, 5.41) is 0. The Balaban J connectivity index is 2.19. The van der Waals surface area contributed by atoms with Gasteiger partial charge in [-0.1, -0.05) is 25.7 Å². The molecule has 1 aromatic rings.